The Labute approximate surface area is 155 Å². The Morgan fingerprint density at radius 3 is 2.65 bits per heavy atom. The van der Waals surface area contributed by atoms with Crippen molar-refractivity contribution in [1.29, 1.82) is 0 Å². The average molecular weight is 364 g/mol. The van der Waals surface area contributed by atoms with Crippen molar-refractivity contribution in [2.75, 3.05) is 69.7 Å². The summed E-state index contributed by atoms with van der Waals surface area (Å²) in [7, 11) is 2.19. The molecule has 2 aliphatic heterocycles. The number of hydrogen-bond acceptors (Lipinski definition) is 8. The van der Waals surface area contributed by atoms with Crippen LogP contribution in [0.3, 0.4) is 0 Å². The standard InChI is InChI=1S/C18H32N6O2/c1-22-6-2-15(3-7-22)24-9-8-23(13-16(24)4-10-25)18-12-17(19-5-11-26)20-14-21-18/h12,14-16,25-26H,2-11,13H2,1H3,(H,19,20,21)/t16-/m1/s1. The van der Waals surface area contributed by atoms with E-state index < -0.39 is 0 Å². The molecule has 1 aromatic rings. The van der Waals surface area contributed by atoms with E-state index in [0.717, 1.165) is 50.8 Å². The van der Waals surface area contributed by atoms with Crippen LogP contribution in [0.25, 0.3) is 0 Å². The lowest BCUT2D eigenvalue weighted by molar-refractivity contribution is 0.0596. The molecule has 0 aliphatic carbocycles. The van der Waals surface area contributed by atoms with Gasteiger partial charge in [-0.3, -0.25) is 4.90 Å². The second-order valence-corrected chi connectivity index (χ2v) is 7.30. The van der Waals surface area contributed by atoms with Crippen molar-refractivity contribution in [3.05, 3.63) is 12.4 Å². The second kappa shape index (κ2) is 9.45. The molecule has 1 aromatic heterocycles. The molecule has 2 saturated heterocycles. The Hall–Kier alpha value is -1.48. The van der Waals surface area contributed by atoms with Crippen molar-refractivity contribution < 1.29 is 10.2 Å². The van der Waals surface area contributed by atoms with Crippen LogP contribution in [0.1, 0.15) is 19.3 Å². The summed E-state index contributed by atoms with van der Waals surface area (Å²) in [5.74, 6) is 1.65. The minimum absolute atomic E-state index is 0.0765. The van der Waals surface area contributed by atoms with Crippen LogP contribution in [0.4, 0.5) is 11.6 Å². The van der Waals surface area contributed by atoms with Crippen molar-refractivity contribution in [3.8, 4) is 0 Å². The highest BCUT2D eigenvalue weighted by atomic mass is 16.3. The van der Waals surface area contributed by atoms with Gasteiger partial charge in [0, 0.05) is 50.9 Å². The molecule has 3 N–H and O–H groups in total. The van der Waals surface area contributed by atoms with Gasteiger partial charge in [-0.25, -0.2) is 9.97 Å². The number of aromatic nitrogens is 2. The second-order valence-electron chi connectivity index (χ2n) is 7.30. The number of piperazine rings is 1. The SMILES string of the molecule is CN1CCC(N2CCN(c3cc(NCCO)ncn3)C[C@H]2CCO)CC1. The summed E-state index contributed by atoms with van der Waals surface area (Å²) in [6, 6.07) is 2.92. The number of aliphatic hydroxyl groups is 2. The van der Waals surface area contributed by atoms with Gasteiger partial charge in [0.1, 0.15) is 18.0 Å². The lowest BCUT2D eigenvalue weighted by Gasteiger charge is -2.47. The molecule has 0 amide bonds. The van der Waals surface area contributed by atoms with Gasteiger partial charge in [0.15, 0.2) is 0 Å². The zero-order chi connectivity index (χ0) is 18.4. The van der Waals surface area contributed by atoms with Crippen molar-refractivity contribution in [2.24, 2.45) is 0 Å². The maximum absolute atomic E-state index is 9.56. The third-order valence-corrected chi connectivity index (χ3v) is 5.54. The van der Waals surface area contributed by atoms with E-state index in [9.17, 15) is 5.11 Å². The molecule has 2 fully saturated rings. The molecule has 146 valence electrons. The summed E-state index contributed by atoms with van der Waals surface area (Å²) >= 11 is 0. The van der Waals surface area contributed by atoms with Crippen LogP contribution in [-0.4, -0.2) is 102 Å². The van der Waals surface area contributed by atoms with Crippen molar-refractivity contribution in [2.45, 2.75) is 31.3 Å². The van der Waals surface area contributed by atoms with Crippen LogP contribution in [0.5, 0.6) is 0 Å². The van der Waals surface area contributed by atoms with E-state index in [2.05, 4.69) is 37.0 Å². The molecule has 0 aromatic carbocycles. The van der Waals surface area contributed by atoms with Crippen LogP contribution < -0.4 is 10.2 Å². The molecule has 0 unspecified atom stereocenters. The van der Waals surface area contributed by atoms with Gasteiger partial charge in [-0.1, -0.05) is 0 Å². The predicted molar refractivity (Wildman–Crippen MR) is 103 cm³/mol. The van der Waals surface area contributed by atoms with E-state index >= 15 is 0 Å². The Morgan fingerprint density at radius 1 is 1.12 bits per heavy atom. The van der Waals surface area contributed by atoms with Gasteiger partial charge in [0.25, 0.3) is 0 Å². The molecule has 0 bridgehead atoms. The van der Waals surface area contributed by atoms with Crippen LogP contribution >= 0.6 is 0 Å². The number of hydrogen-bond donors (Lipinski definition) is 3. The summed E-state index contributed by atoms with van der Waals surface area (Å²) in [6.07, 6.45) is 4.78. The van der Waals surface area contributed by atoms with Crippen molar-refractivity contribution >= 4 is 11.6 Å². The number of rotatable bonds is 7. The highest BCUT2D eigenvalue weighted by Crippen LogP contribution is 2.25. The summed E-state index contributed by atoms with van der Waals surface area (Å²) in [5, 5.41) is 21.6. The lowest BCUT2D eigenvalue weighted by atomic mass is 9.98. The molecule has 3 rings (SSSR count). The number of anilines is 2. The third-order valence-electron chi connectivity index (χ3n) is 5.54. The molecule has 0 saturated carbocycles. The zero-order valence-corrected chi connectivity index (χ0v) is 15.7. The molecule has 0 radical (unpaired) electrons. The summed E-state index contributed by atoms with van der Waals surface area (Å²) in [4.78, 5) is 15.9. The molecule has 2 aliphatic rings. The fourth-order valence-electron chi connectivity index (χ4n) is 4.09. The molecule has 3 heterocycles. The number of likely N-dealkylation sites (tertiary alicyclic amines) is 1. The molecule has 0 spiro atoms. The fourth-order valence-corrected chi connectivity index (χ4v) is 4.09. The number of aliphatic hydroxyl groups excluding tert-OH is 2. The molecule has 8 heteroatoms. The number of nitrogens with one attached hydrogen (secondary N) is 1. The largest absolute Gasteiger partial charge is 0.396 e. The minimum atomic E-state index is 0.0765. The topological polar surface area (TPSA) is 88.0 Å². The molecular formula is C18H32N6O2. The van der Waals surface area contributed by atoms with E-state index in [1.807, 2.05) is 6.07 Å². The third kappa shape index (κ3) is 4.82. The van der Waals surface area contributed by atoms with E-state index in [-0.39, 0.29) is 13.2 Å². The highest BCUT2D eigenvalue weighted by Gasteiger charge is 2.33. The Bertz CT molecular complexity index is 552. The Morgan fingerprint density at radius 2 is 1.92 bits per heavy atom. The van der Waals surface area contributed by atoms with E-state index in [4.69, 9.17) is 5.11 Å². The van der Waals surface area contributed by atoms with Crippen LogP contribution in [-0.2, 0) is 0 Å². The monoisotopic (exact) mass is 364 g/mol. The highest BCUT2D eigenvalue weighted by molar-refractivity contribution is 5.49. The number of nitrogens with zero attached hydrogens (tertiary/aromatic N) is 5. The first kappa shape index (κ1) is 19.3. The van der Waals surface area contributed by atoms with Crippen LogP contribution in [0.15, 0.2) is 12.4 Å². The molecule has 26 heavy (non-hydrogen) atoms. The average Bonchev–Trinajstić information content (AvgIpc) is 2.68. The van der Waals surface area contributed by atoms with Crippen molar-refractivity contribution in [3.63, 3.8) is 0 Å². The number of piperidine rings is 1. The zero-order valence-electron chi connectivity index (χ0n) is 15.7. The lowest BCUT2D eigenvalue weighted by Crippen LogP contribution is -2.58. The first-order chi connectivity index (χ1) is 12.7. The van der Waals surface area contributed by atoms with Gasteiger partial charge in [0.2, 0.25) is 0 Å². The van der Waals surface area contributed by atoms with Crippen LogP contribution in [0.2, 0.25) is 0 Å². The van der Waals surface area contributed by atoms with E-state index in [1.165, 1.54) is 12.8 Å². The van der Waals surface area contributed by atoms with Crippen LogP contribution in [0, 0.1) is 0 Å². The van der Waals surface area contributed by atoms with Crippen molar-refractivity contribution in [1.82, 2.24) is 19.8 Å². The molecular weight excluding hydrogens is 332 g/mol. The van der Waals surface area contributed by atoms with E-state index in [0.29, 0.717) is 18.6 Å². The summed E-state index contributed by atoms with van der Waals surface area (Å²) in [5.41, 5.74) is 0. The predicted octanol–water partition coefficient (Wildman–Crippen LogP) is -0.152. The summed E-state index contributed by atoms with van der Waals surface area (Å²) < 4.78 is 0. The van der Waals surface area contributed by atoms with Gasteiger partial charge in [-0.2, -0.15) is 0 Å². The van der Waals surface area contributed by atoms with Gasteiger partial charge < -0.3 is 25.3 Å². The fraction of sp³-hybridized carbons (Fsp3) is 0.778. The molecule has 1 atom stereocenters. The first-order valence-electron chi connectivity index (χ1n) is 9.68. The minimum Gasteiger partial charge on any atom is -0.396 e. The maximum atomic E-state index is 9.56. The maximum Gasteiger partial charge on any atom is 0.134 e. The quantitative estimate of drug-likeness (QED) is 0.616. The Kier molecular flexibility index (Phi) is 7.01. The van der Waals surface area contributed by atoms with Gasteiger partial charge in [-0.15, -0.1) is 0 Å². The normalized spacial score (nSPS) is 23.3. The van der Waals surface area contributed by atoms with Gasteiger partial charge in [-0.05, 0) is 39.4 Å². The van der Waals surface area contributed by atoms with Gasteiger partial charge >= 0.3 is 0 Å². The first-order valence-corrected chi connectivity index (χ1v) is 9.68. The molecule has 8 nitrogen and oxygen atoms in total. The smallest absolute Gasteiger partial charge is 0.134 e. The Balaban J connectivity index is 1.65. The summed E-state index contributed by atoms with van der Waals surface area (Å²) in [6.45, 7) is 5.90. The van der Waals surface area contributed by atoms with E-state index in [1.54, 1.807) is 6.33 Å². The van der Waals surface area contributed by atoms with Gasteiger partial charge in [0.05, 0.1) is 6.61 Å².